The van der Waals surface area contributed by atoms with E-state index in [-0.39, 0.29) is 58.2 Å². The van der Waals surface area contributed by atoms with Crippen LogP contribution in [0.1, 0.15) is 250 Å². The number of ether oxygens (including phenoxy) is 1. The van der Waals surface area contributed by atoms with Gasteiger partial charge < -0.3 is 25.2 Å². The molecule has 13 rings (SSSR count). The van der Waals surface area contributed by atoms with Gasteiger partial charge in [0.25, 0.3) is 5.24 Å². The van der Waals surface area contributed by atoms with Gasteiger partial charge in [0.15, 0.2) is 0 Å². The van der Waals surface area contributed by atoms with Crippen molar-refractivity contribution in [3.05, 3.63) is 115 Å². The number of aromatic nitrogens is 3. The van der Waals surface area contributed by atoms with Crippen LogP contribution >= 0.6 is 11.6 Å². The zero-order valence-electron chi connectivity index (χ0n) is 57.0. The second kappa shape index (κ2) is 26.0. The number of pyridine rings is 3. The van der Waals surface area contributed by atoms with Gasteiger partial charge in [-0.05, 0) is 298 Å². The van der Waals surface area contributed by atoms with Crippen molar-refractivity contribution in [2.75, 3.05) is 13.2 Å². The van der Waals surface area contributed by atoms with Crippen molar-refractivity contribution in [3.8, 4) is 0 Å². The molecule has 10 aliphatic rings. The average Bonchev–Trinajstić information content (AvgIpc) is 1.53. The van der Waals surface area contributed by atoms with Gasteiger partial charge in [-0.1, -0.05) is 101 Å². The van der Waals surface area contributed by atoms with Crippen LogP contribution in [0.2, 0.25) is 0 Å². The lowest BCUT2D eigenvalue weighted by atomic mass is 9.32. The lowest BCUT2D eigenvalue weighted by molar-refractivity contribution is -0.249. The molecule has 8 unspecified atom stereocenters. The number of fused-ring (bicyclic) bond motifs is 14. The second-order valence-electron chi connectivity index (χ2n) is 33.9. The fourth-order valence-electron chi connectivity index (χ4n) is 24.8. The van der Waals surface area contributed by atoms with Crippen LogP contribution < -0.4 is 0 Å². The molecule has 20 atom stereocenters. The van der Waals surface area contributed by atoms with Gasteiger partial charge in [0.05, 0.1) is 35.5 Å². The number of aliphatic hydroxyl groups excluding tert-OH is 3. The summed E-state index contributed by atoms with van der Waals surface area (Å²) in [6.45, 7) is 39.6. The number of nitrogens with zero attached hydrogens (tertiary/aromatic N) is 3. The number of carbonyl (C=O) groups is 3. The molecule has 4 N–H and O–H groups in total. The van der Waals surface area contributed by atoms with E-state index >= 15 is 0 Å². The summed E-state index contributed by atoms with van der Waals surface area (Å²) in [6, 6.07) is 9.97. The molecule has 91 heavy (non-hydrogen) atoms. The normalized spacial score (nSPS) is 42.4. The summed E-state index contributed by atoms with van der Waals surface area (Å²) in [6.07, 6.45) is 33.1. The minimum Gasteiger partial charge on any atom is -0.478 e. The highest BCUT2D eigenvalue weighted by atomic mass is 35.5. The van der Waals surface area contributed by atoms with Gasteiger partial charge in [0, 0.05) is 49.2 Å². The van der Waals surface area contributed by atoms with E-state index in [0.717, 1.165) is 43.9 Å². The molecular formula is C79H116ClN3O8. The Morgan fingerprint density at radius 1 is 0.516 bits per heavy atom. The molecule has 0 aliphatic heterocycles. The summed E-state index contributed by atoms with van der Waals surface area (Å²) in [5, 5.41) is 40.4. The number of hydrogen-bond donors (Lipinski definition) is 4. The minimum absolute atomic E-state index is 0. The maximum absolute atomic E-state index is 13.0. The van der Waals surface area contributed by atoms with E-state index in [2.05, 4.69) is 111 Å². The molecule has 3 aromatic heterocycles. The van der Waals surface area contributed by atoms with Crippen LogP contribution in [0, 0.1) is 113 Å². The fraction of sp³-hybridized carbons (Fsp3) is 0.722. The van der Waals surface area contributed by atoms with Gasteiger partial charge in [-0.2, -0.15) is 0 Å². The molecule has 0 saturated heterocycles. The lowest BCUT2D eigenvalue weighted by Gasteiger charge is -2.73. The van der Waals surface area contributed by atoms with Gasteiger partial charge in [0.2, 0.25) is 0 Å². The molecule has 10 fully saturated rings. The van der Waals surface area contributed by atoms with Gasteiger partial charge in [-0.25, -0.2) is 9.59 Å². The van der Waals surface area contributed by atoms with Crippen LogP contribution in [-0.4, -0.2) is 78.0 Å². The summed E-state index contributed by atoms with van der Waals surface area (Å²) < 4.78 is 6.13. The highest BCUT2D eigenvalue weighted by Gasteiger charge is 2.73. The average molecular weight is 1270 g/mol. The third-order valence-electron chi connectivity index (χ3n) is 29.9. The maximum atomic E-state index is 13.0. The van der Waals surface area contributed by atoms with Crippen molar-refractivity contribution in [1.82, 2.24) is 15.0 Å². The zero-order valence-corrected chi connectivity index (χ0v) is 57.7. The number of esters is 1. The first-order chi connectivity index (χ1) is 42.3. The third-order valence-corrected chi connectivity index (χ3v) is 30.2. The Morgan fingerprint density at radius 3 is 1.30 bits per heavy atom. The number of halogens is 1. The first-order valence-electron chi connectivity index (χ1n) is 34.9. The molecular weight excluding hydrogens is 1150 g/mol. The molecule has 11 nitrogen and oxygen atoms in total. The minimum atomic E-state index is -0.942. The van der Waals surface area contributed by atoms with Crippen molar-refractivity contribution < 1.29 is 39.5 Å². The first kappa shape index (κ1) is 71.0. The molecule has 0 aromatic carbocycles. The Labute approximate surface area is 552 Å². The highest BCUT2D eigenvalue weighted by molar-refractivity contribution is 6.67. The molecule has 0 spiro atoms. The molecule has 3 aromatic rings. The Balaban J connectivity index is 0.000000169. The molecule has 0 amide bonds. The van der Waals surface area contributed by atoms with Crippen LogP contribution in [0.25, 0.3) is 0 Å². The van der Waals surface area contributed by atoms with Crippen molar-refractivity contribution >= 4 is 28.8 Å². The Hall–Kier alpha value is -4.29. The van der Waals surface area contributed by atoms with Crippen molar-refractivity contribution in [1.29, 1.82) is 0 Å². The van der Waals surface area contributed by atoms with E-state index in [1.165, 1.54) is 132 Å². The molecule has 3 heterocycles. The van der Waals surface area contributed by atoms with E-state index in [0.29, 0.717) is 98.8 Å². The van der Waals surface area contributed by atoms with Crippen LogP contribution in [0.4, 0.5) is 0 Å². The monoisotopic (exact) mass is 1270 g/mol. The summed E-state index contributed by atoms with van der Waals surface area (Å²) in [5.41, 5.74) is 6.01. The molecule has 502 valence electrons. The molecule has 0 bridgehead atoms. The SMILES string of the molecule is C.C=C(C)[C@@H]1CC[C@]2(CO)CC[C@]3(C)C(CCC4[C@@]5(C)CC[C@H](O)C(C)(C)C5CC[C@]43C)C12.C=C(C)[C@@H]1CC[C@]2(COC(=O)c3cccnc3)CC[C@]3(C)C(CCC4[C@@]5(C)CC[C@H](O)C(C)(C)C5CC[C@]43C)C12.O=C(Cl)c1cccnc1.O=C(O)c1cccnc1. The number of carbonyl (C=O) groups excluding carboxylic acids is 2. The number of hydrogen-bond acceptors (Lipinski definition) is 10. The van der Waals surface area contributed by atoms with E-state index in [1.807, 2.05) is 0 Å². The number of carboxylic acid groups (broad SMARTS) is 1. The number of rotatable bonds is 8. The predicted octanol–water partition coefficient (Wildman–Crippen LogP) is 18.1. The number of carboxylic acids is 1. The summed E-state index contributed by atoms with van der Waals surface area (Å²) in [5.74, 6) is 5.11. The fourth-order valence-corrected chi connectivity index (χ4v) is 24.9. The van der Waals surface area contributed by atoms with E-state index in [4.69, 9.17) is 21.4 Å². The predicted molar refractivity (Wildman–Crippen MR) is 364 cm³/mol. The maximum Gasteiger partial charge on any atom is 0.339 e. The van der Waals surface area contributed by atoms with Gasteiger partial charge >= 0.3 is 11.9 Å². The summed E-state index contributed by atoms with van der Waals surface area (Å²) in [7, 11) is 0. The van der Waals surface area contributed by atoms with Gasteiger partial charge in [-0.15, -0.1) is 0 Å². The number of allylic oxidation sites excluding steroid dienone is 2. The molecule has 10 aliphatic carbocycles. The molecule has 12 heteroatoms. The Morgan fingerprint density at radius 2 is 0.923 bits per heavy atom. The number of aliphatic hydroxyl groups is 3. The van der Waals surface area contributed by atoms with Gasteiger partial charge in [-0.3, -0.25) is 19.7 Å². The number of aromatic carboxylic acids is 1. The largest absolute Gasteiger partial charge is 0.478 e. The molecule has 0 radical (unpaired) electrons. The summed E-state index contributed by atoms with van der Waals surface area (Å²) in [4.78, 5) is 45.0. The van der Waals surface area contributed by atoms with E-state index < -0.39 is 11.2 Å². The third kappa shape index (κ3) is 11.7. The Bertz CT molecular complexity index is 3060. The van der Waals surface area contributed by atoms with E-state index in [1.54, 1.807) is 48.9 Å². The smallest absolute Gasteiger partial charge is 0.339 e. The van der Waals surface area contributed by atoms with Crippen LogP contribution in [-0.2, 0) is 4.74 Å². The quantitative estimate of drug-likeness (QED) is 0.0958. The molecule has 10 saturated carbocycles. The standard InChI is InChI=1S/C36H53NO3.C30H50O2.C6H4ClNO.C6H5NO2.CH4/c1-23(2)25-12-17-36(22-40-31(39)24-9-8-20-37-21-24)19-18-34(6)26(30(25)36)10-11-28-33(5)15-14-29(38)32(3,4)27(33)13-16-35(28,34)7;1-19(2)20-10-15-30(18-31)17-16-28(6)21(25(20)30)8-9-23-27(5)13-12-24(32)26(3,4)22(27)11-14-29(23,28)7;7-6(9)5-2-1-3-8-4-5;8-6(9)5-2-1-3-7-4-5;/h8-9,20-21,25-30,38H,1,10-19,22H2,2-7H3;20-25,31-32H,1,8-18H2,2-7H3;1-4H;1-4H,(H,8,9);1H4/t25-,26?,27?,28?,29-,30?,33-,34+,35+,36+;20-,21?,22?,23?,24-,25?,27-,28+,29+,30+;;;/m00.../s1. The van der Waals surface area contributed by atoms with Gasteiger partial charge in [0.1, 0.15) is 0 Å². The van der Waals surface area contributed by atoms with E-state index in [9.17, 15) is 29.7 Å². The van der Waals surface area contributed by atoms with Crippen LogP contribution in [0.15, 0.2) is 97.9 Å². The van der Waals surface area contributed by atoms with Crippen LogP contribution in [0.3, 0.4) is 0 Å². The first-order valence-corrected chi connectivity index (χ1v) is 35.2. The van der Waals surface area contributed by atoms with Crippen molar-refractivity contribution in [3.63, 3.8) is 0 Å². The summed E-state index contributed by atoms with van der Waals surface area (Å²) >= 11 is 5.12. The van der Waals surface area contributed by atoms with Crippen LogP contribution in [0.5, 0.6) is 0 Å². The zero-order chi connectivity index (χ0) is 65.4. The topological polar surface area (TPSA) is 180 Å². The lowest BCUT2D eigenvalue weighted by Crippen LogP contribution is -2.66. The van der Waals surface area contributed by atoms with Crippen molar-refractivity contribution in [2.45, 2.75) is 231 Å². The highest BCUT2D eigenvalue weighted by Crippen LogP contribution is 2.80. The van der Waals surface area contributed by atoms with Crippen molar-refractivity contribution in [2.24, 2.45) is 113 Å². The Kier molecular flexibility index (Phi) is 20.3. The second-order valence-corrected chi connectivity index (χ2v) is 34.2.